The third-order valence-corrected chi connectivity index (χ3v) is 8.87. The van der Waals surface area contributed by atoms with Gasteiger partial charge in [0.25, 0.3) is 0 Å². The Morgan fingerprint density at radius 1 is 0.972 bits per heavy atom. The van der Waals surface area contributed by atoms with Gasteiger partial charge < -0.3 is 9.32 Å². The number of sulfonamides is 1. The average molecular weight is 529 g/mol. The topological polar surface area (TPSA) is 70.8 Å². The molecule has 1 saturated carbocycles. The first-order valence-corrected chi connectivity index (χ1v) is 14.3. The van der Waals surface area contributed by atoms with E-state index in [2.05, 4.69) is 0 Å². The predicted molar refractivity (Wildman–Crippen MR) is 141 cm³/mol. The molecule has 192 valence electrons. The Morgan fingerprint density at radius 3 is 2.31 bits per heavy atom. The quantitative estimate of drug-likeness (QED) is 0.331. The standard InChI is InChI=1S/C28H33ClN2O4S/c1-22-12-15-26(35-22)20-30(19-18-23-8-4-2-5-9-23)28(32)21-31(25-10-6-3-7-11-25)36(33,34)27-16-13-24(29)14-17-27/h2,4-5,8-9,12-17,25H,3,6-7,10-11,18-21H2,1H3. The zero-order chi connectivity index (χ0) is 25.5. The van der Waals surface area contributed by atoms with Crippen molar-refractivity contribution in [2.24, 2.45) is 0 Å². The van der Waals surface area contributed by atoms with Crippen LogP contribution < -0.4 is 0 Å². The van der Waals surface area contributed by atoms with Crippen molar-refractivity contribution in [3.05, 3.63) is 88.8 Å². The van der Waals surface area contributed by atoms with Gasteiger partial charge in [-0.1, -0.05) is 61.2 Å². The lowest BCUT2D eigenvalue weighted by Gasteiger charge is -2.34. The molecule has 36 heavy (non-hydrogen) atoms. The molecule has 0 spiro atoms. The van der Waals surface area contributed by atoms with Crippen LogP contribution in [0.4, 0.5) is 0 Å². The molecule has 4 rings (SSSR count). The summed E-state index contributed by atoms with van der Waals surface area (Å²) in [4.78, 5) is 15.6. The maximum absolute atomic E-state index is 13.7. The maximum atomic E-state index is 13.7. The molecule has 1 amide bonds. The van der Waals surface area contributed by atoms with Crippen molar-refractivity contribution < 1.29 is 17.6 Å². The van der Waals surface area contributed by atoms with Crippen molar-refractivity contribution in [1.82, 2.24) is 9.21 Å². The van der Waals surface area contributed by atoms with Crippen LogP contribution in [0.2, 0.25) is 5.02 Å². The van der Waals surface area contributed by atoms with Gasteiger partial charge in [0.05, 0.1) is 18.0 Å². The Balaban J connectivity index is 1.59. The van der Waals surface area contributed by atoms with Crippen LogP contribution in [0, 0.1) is 6.92 Å². The molecule has 1 aliphatic carbocycles. The van der Waals surface area contributed by atoms with Crippen LogP contribution >= 0.6 is 11.6 Å². The molecule has 0 bridgehead atoms. The second-order valence-electron chi connectivity index (χ2n) is 9.36. The summed E-state index contributed by atoms with van der Waals surface area (Å²) < 4.78 is 34.6. The van der Waals surface area contributed by atoms with E-state index in [1.165, 1.54) is 16.4 Å². The van der Waals surface area contributed by atoms with E-state index in [1.54, 1.807) is 17.0 Å². The number of amides is 1. The first-order valence-electron chi connectivity index (χ1n) is 12.5. The smallest absolute Gasteiger partial charge is 0.243 e. The highest BCUT2D eigenvalue weighted by Crippen LogP contribution is 2.28. The number of carbonyl (C=O) groups is 1. The lowest BCUT2D eigenvalue weighted by atomic mass is 9.95. The van der Waals surface area contributed by atoms with Crippen LogP contribution in [0.25, 0.3) is 0 Å². The summed E-state index contributed by atoms with van der Waals surface area (Å²) in [5, 5.41) is 0.468. The summed E-state index contributed by atoms with van der Waals surface area (Å²) in [5.74, 6) is 1.22. The molecule has 8 heteroatoms. The molecule has 1 fully saturated rings. The van der Waals surface area contributed by atoms with Crippen LogP contribution in [0.3, 0.4) is 0 Å². The summed E-state index contributed by atoms with van der Waals surface area (Å²) in [6.07, 6.45) is 5.16. The fourth-order valence-corrected chi connectivity index (χ4v) is 6.47. The monoisotopic (exact) mass is 528 g/mol. The molecule has 1 heterocycles. The predicted octanol–water partition coefficient (Wildman–Crippen LogP) is 5.84. The highest BCUT2D eigenvalue weighted by Gasteiger charge is 2.35. The molecular weight excluding hydrogens is 496 g/mol. The minimum Gasteiger partial charge on any atom is -0.464 e. The van der Waals surface area contributed by atoms with Crippen molar-refractivity contribution in [3.8, 4) is 0 Å². The number of benzene rings is 2. The van der Waals surface area contributed by atoms with E-state index in [4.69, 9.17) is 16.0 Å². The van der Waals surface area contributed by atoms with Crippen molar-refractivity contribution in [2.75, 3.05) is 13.1 Å². The number of hydrogen-bond donors (Lipinski definition) is 0. The van der Waals surface area contributed by atoms with Gasteiger partial charge in [0.15, 0.2) is 0 Å². The van der Waals surface area contributed by atoms with Crippen LogP contribution in [0.15, 0.2) is 76.0 Å². The first kappa shape index (κ1) is 26.5. The molecule has 0 unspecified atom stereocenters. The van der Waals surface area contributed by atoms with Crippen molar-refractivity contribution in [1.29, 1.82) is 0 Å². The van der Waals surface area contributed by atoms with E-state index < -0.39 is 10.0 Å². The van der Waals surface area contributed by atoms with Gasteiger partial charge in [-0.05, 0) is 68.1 Å². The second-order valence-corrected chi connectivity index (χ2v) is 11.7. The minimum atomic E-state index is -3.88. The highest BCUT2D eigenvalue weighted by molar-refractivity contribution is 7.89. The summed E-state index contributed by atoms with van der Waals surface area (Å²) in [6.45, 7) is 2.41. The first-order chi connectivity index (χ1) is 17.3. The van der Waals surface area contributed by atoms with Crippen molar-refractivity contribution >= 4 is 27.5 Å². The summed E-state index contributed by atoms with van der Waals surface area (Å²) in [7, 11) is -3.88. The van der Waals surface area contributed by atoms with Gasteiger partial charge in [0.2, 0.25) is 15.9 Å². The molecule has 2 aromatic carbocycles. The number of furan rings is 1. The van der Waals surface area contributed by atoms with Gasteiger partial charge in [-0.3, -0.25) is 4.79 Å². The van der Waals surface area contributed by atoms with Gasteiger partial charge in [-0.25, -0.2) is 8.42 Å². The van der Waals surface area contributed by atoms with Gasteiger partial charge in [0.1, 0.15) is 11.5 Å². The van der Waals surface area contributed by atoms with E-state index in [0.29, 0.717) is 30.3 Å². The second kappa shape index (κ2) is 12.1. The molecule has 0 radical (unpaired) electrons. The summed E-state index contributed by atoms with van der Waals surface area (Å²) in [5.41, 5.74) is 1.11. The number of halogens is 1. The van der Waals surface area contributed by atoms with Gasteiger partial charge in [0, 0.05) is 17.6 Å². The fraction of sp³-hybridized carbons (Fsp3) is 0.393. The van der Waals surface area contributed by atoms with E-state index in [0.717, 1.165) is 43.4 Å². The molecule has 3 aromatic rings. The Labute approximate surface area is 218 Å². The lowest BCUT2D eigenvalue weighted by Crippen LogP contribution is -2.48. The van der Waals surface area contributed by atoms with Crippen LogP contribution in [-0.2, 0) is 27.8 Å². The maximum Gasteiger partial charge on any atom is 0.243 e. The normalized spacial score (nSPS) is 14.8. The zero-order valence-corrected chi connectivity index (χ0v) is 22.2. The van der Waals surface area contributed by atoms with Crippen molar-refractivity contribution in [3.63, 3.8) is 0 Å². The zero-order valence-electron chi connectivity index (χ0n) is 20.6. The molecular formula is C28H33ClN2O4S. The van der Waals surface area contributed by atoms with E-state index in [-0.39, 0.29) is 23.4 Å². The Morgan fingerprint density at radius 2 is 1.67 bits per heavy atom. The summed E-state index contributed by atoms with van der Waals surface area (Å²) in [6, 6.07) is 19.7. The van der Waals surface area contributed by atoms with Crippen LogP contribution in [-0.4, -0.2) is 42.7 Å². The highest BCUT2D eigenvalue weighted by atomic mass is 35.5. The molecule has 0 saturated heterocycles. The number of nitrogens with zero attached hydrogens (tertiary/aromatic N) is 2. The van der Waals surface area contributed by atoms with Crippen LogP contribution in [0.5, 0.6) is 0 Å². The third kappa shape index (κ3) is 6.78. The van der Waals surface area contributed by atoms with E-state index in [1.807, 2.05) is 49.4 Å². The summed E-state index contributed by atoms with van der Waals surface area (Å²) >= 11 is 6.00. The SMILES string of the molecule is Cc1ccc(CN(CCc2ccccc2)C(=O)CN(C2CCCCC2)S(=O)(=O)c2ccc(Cl)cc2)o1. The average Bonchev–Trinajstić information content (AvgIpc) is 3.30. The number of carbonyl (C=O) groups excluding carboxylic acids is 1. The van der Waals surface area contributed by atoms with Gasteiger partial charge in [-0.15, -0.1) is 0 Å². The van der Waals surface area contributed by atoms with Gasteiger partial charge >= 0.3 is 0 Å². The van der Waals surface area contributed by atoms with E-state index in [9.17, 15) is 13.2 Å². The molecule has 1 aliphatic rings. The van der Waals surface area contributed by atoms with Crippen molar-refractivity contribution in [2.45, 2.75) is 62.9 Å². The number of rotatable bonds is 10. The molecule has 6 nitrogen and oxygen atoms in total. The fourth-order valence-electron chi connectivity index (χ4n) is 4.71. The Bertz CT molecular complexity index is 1240. The minimum absolute atomic E-state index is 0.155. The molecule has 0 aliphatic heterocycles. The molecule has 1 aromatic heterocycles. The van der Waals surface area contributed by atoms with Gasteiger partial charge in [-0.2, -0.15) is 4.31 Å². The van der Waals surface area contributed by atoms with E-state index >= 15 is 0 Å². The third-order valence-electron chi connectivity index (χ3n) is 6.70. The number of aryl methyl sites for hydroxylation is 1. The molecule has 0 atom stereocenters. The van der Waals surface area contributed by atoms with Crippen LogP contribution in [0.1, 0.15) is 49.2 Å². The largest absolute Gasteiger partial charge is 0.464 e. The molecule has 0 N–H and O–H groups in total. The Hall–Kier alpha value is -2.61. The lowest BCUT2D eigenvalue weighted by molar-refractivity contribution is -0.132. The Kier molecular flexibility index (Phi) is 8.88. The number of hydrogen-bond acceptors (Lipinski definition) is 4.